The number of esters is 1. The number of cyclic esters (lactones) is 1. The monoisotopic (exact) mass is 175 g/mol. The zero-order valence-electron chi connectivity index (χ0n) is 6.94. The maximum absolute atomic E-state index is 10.9. The summed E-state index contributed by atoms with van der Waals surface area (Å²) in [5, 5.41) is 0. The molecule has 1 aliphatic heterocycles. The number of rotatable bonds is 1. The van der Waals surface area contributed by atoms with Gasteiger partial charge in [0.1, 0.15) is 11.8 Å². The third kappa shape index (κ3) is 1.40. The average molecular weight is 175 g/mol. The van der Waals surface area contributed by atoms with Gasteiger partial charge in [-0.25, -0.2) is 4.79 Å². The fraction of sp³-hybridized carbons (Fsp3) is 0.100. The van der Waals surface area contributed by atoms with Crippen LogP contribution in [0.4, 0.5) is 0 Å². The highest BCUT2D eigenvalue weighted by atomic mass is 16.5. The Morgan fingerprint density at radius 1 is 1.23 bits per heavy atom. The number of carbonyl (C=O) groups is 1. The van der Waals surface area contributed by atoms with E-state index in [9.17, 15) is 4.79 Å². The molecule has 0 saturated heterocycles. The Bertz CT molecular complexity index is 356. The molecular formula is C10H9NO2. The Labute approximate surface area is 75.8 Å². The van der Waals surface area contributed by atoms with Gasteiger partial charge in [0.15, 0.2) is 0 Å². The lowest BCUT2D eigenvalue weighted by Crippen LogP contribution is -2.07. The summed E-state index contributed by atoms with van der Waals surface area (Å²) < 4.78 is 5.00. The van der Waals surface area contributed by atoms with Gasteiger partial charge in [-0.3, -0.25) is 0 Å². The number of carbonyl (C=O) groups excluding carboxylic acids is 1. The zero-order chi connectivity index (χ0) is 9.26. The Morgan fingerprint density at radius 2 is 1.92 bits per heavy atom. The fourth-order valence-electron chi connectivity index (χ4n) is 1.26. The van der Waals surface area contributed by atoms with Crippen LogP contribution in [-0.4, -0.2) is 5.97 Å². The first-order valence-corrected chi connectivity index (χ1v) is 4.00. The van der Waals surface area contributed by atoms with Crippen molar-refractivity contribution in [3.05, 3.63) is 47.7 Å². The summed E-state index contributed by atoms with van der Waals surface area (Å²) in [6.07, 6.45) is 1.31. The second-order valence-electron chi connectivity index (χ2n) is 2.86. The van der Waals surface area contributed by atoms with Gasteiger partial charge < -0.3 is 10.5 Å². The van der Waals surface area contributed by atoms with Crippen LogP contribution >= 0.6 is 0 Å². The van der Waals surface area contributed by atoms with Crippen molar-refractivity contribution in [1.29, 1.82) is 0 Å². The minimum absolute atomic E-state index is 0.189. The summed E-state index contributed by atoms with van der Waals surface area (Å²) in [5.41, 5.74) is 6.52. The second-order valence-corrected chi connectivity index (χ2v) is 2.86. The lowest BCUT2D eigenvalue weighted by atomic mass is 10.1. The molecule has 1 unspecified atom stereocenters. The van der Waals surface area contributed by atoms with Crippen LogP contribution in [0.3, 0.4) is 0 Å². The molecule has 2 N–H and O–H groups in total. The second kappa shape index (κ2) is 2.94. The molecule has 0 saturated carbocycles. The van der Waals surface area contributed by atoms with E-state index in [1.807, 2.05) is 30.3 Å². The van der Waals surface area contributed by atoms with Crippen molar-refractivity contribution in [2.45, 2.75) is 6.10 Å². The third-order valence-electron chi connectivity index (χ3n) is 1.93. The number of nitrogens with two attached hydrogens (primary N) is 1. The van der Waals surface area contributed by atoms with Gasteiger partial charge in [-0.05, 0) is 11.6 Å². The summed E-state index contributed by atoms with van der Waals surface area (Å²) in [7, 11) is 0. The van der Waals surface area contributed by atoms with Crippen molar-refractivity contribution in [2.75, 3.05) is 0 Å². The van der Waals surface area contributed by atoms with Crippen LogP contribution in [0.15, 0.2) is 42.1 Å². The van der Waals surface area contributed by atoms with Gasteiger partial charge in [-0.1, -0.05) is 30.3 Å². The van der Waals surface area contributed by atoms with E-state index < -0.39 is 5.97 Å². The van der Waals surface area contributed by atoms with Gasteiger partial charge in [-0.15, -0.1) is 0 Å². The Kier molecular flexibility index (Phi) is 1.77. The van der Waals surface area contributed by atoms with Crippen LogP contribution in [-0.2, 0) is 9.53 Å². The highest BCUT2D eigenvalue weighted by Crippen LogP contribution is 2.25. The van der Waals surface area contributed by atoms with Crippen LogP contribution in [0, 0.1) is 0 Å². The van der Waals surface area contributed by atoms with Crippen LogP contribution in [0.2, 0.25) is 0 Å². The first kappa shape index (κ1) is 7.86. The van der Waals surface area contributed by atoms with Gasteiger partial charge >= 0.3 is 5.97 Å². The van der Waals surface area contributed by atoms with Crippen molar-refractivity contribution in [2.24, 2.45) is 5.73 Å². The SMILES string of the molecule is NC1=CC(c2ccccc2)OC1=O. The standard InChI is InChI=1S/C10H9NO2/c11-8-6-9(13-10(8)12)7-4-2-1-3-5-7/h1-6,9H,11H2. The molecule has 13 heavy (non-hydrogen) atoms. The van der Waals surface area contributed by atoms with Crippen LogP contribution in [0.25, 0.3) is 0 Å². The highest BCUT2D eigenvalue weighted by molar-refractivity contribution is 5.89. The molecular weight excluding hydrogens is 166 g/mol. The third-order valence-corrected chi connectivity index (χ3v) is 1.93. The maximum Gasteiger partial charge on any atom is 0.354 e. The van der Waals surface area contributed by atoms with Gasteiger partial charge in [0, 0.05) is 0 Å². The van der Waals surface area contributed by atoms with Gasteiger partial charge in [0.05, 0.1) is 0 Å². The maximum atomic E-state index is 10.9. The normalized spacial score (nSPS) is 21.1. The van der Waals surface area contributed by atoms with Gasteiger partial charge in [-0.2, -0.15) is 0 Å². The molecule has 3 heteroatoms. The van der Waals surface area contributed by atoms with Crippen molar-refractivity contribution in [3.8, 4) is 0 Å². The number of benzene rings is 1. The van der Waals surface area contributed by atoms with Crippen LogP contribution in [0.1, 0.15) is 11.7 Å². The van der Waals surface area contributed by atoms with E-state index >= 15 is 0 Å². The molecule has 3 nitrogen and oxygen atoms in total. The molecule has 1 aromatic carbocycles. The van der Waals surface area contributed by atoms with E-state index in [4.69, 9.17) is 10.5 Å². The first-order chi connectivity index (χ1) is 6.27. The molecule has 0 fully saturated rings. The Balaban J connectivity index is 2.27. The molecule has 0 bridgehead atoms. The highest BCUT2D eigenvalue weighted by Gasteiger charge is 2.23. The van der Waals surface area contributed by atoms with E-state index in [0.29, 0.717) is 0 Å². The summed E-state index contributed by atoms with van der Waals surface area (Å²) in [6, 6.07) is 9.49. The first-order valence-electron chi connectivity index (χ1n) is 4.00. The molecule has 2 rings (SSSR count). The number of hydrogen-bond acceptors (Lipinski definition) is 3. The van der Waals surface area contributed by atoms with Crippen molar-refractivity contribution in [1.82, 2.24) is 0 Å². The van der Waals surface area contributed by atoms with E-state index in [1.165, 1.54) is 0 Å². The lowest BCUT2D eigenvalue weighted by molar-refractivity contribution is -0.139. The van der Waals surface area contributed by atoms with Crippen LogP contribution < -0.4 is 5.73 Å². The predicted molar refractivity (Wildman–Crippen MR) is 47.5 cm³/mol. The largest absolute Gasteiger partial charge is 0.448 e. The van der Waals surface area contributed by atoms with Crippen LogP contribution in [0.5, 0.6) is 0 Å². The molecule has 0 radical (unpaired) electrons. The molecule has 0 aliphatic carbocycles. The molecule has 1 heterocycles. The molecule has 0 amide bonds. The van der Waals surface area contributed by atoms with E-state index in [2.05, 4.69) is 0 Å². The minimum Gasteiger partial charge on any atom is -0.448 e. The molecule has 0 spiro atoms. The Morgan fingerprint density at radius 3 is 2.46 bits per heavy atom. The smallest absolute Gasteiger partial charge is 0.354 e. The number of hydrogen-bond donors (Lipinski definition) is 1. The van der Waals surface area contributed by atoms with Gasteiger partial charge in [0.25, 0.3) is 0 Å². The van der Waals surface area contributed by atoms with Crippen molar-refractivity contribution < 1.29 is 9.53 Å². The van der Waals surface area contributed by atoms with Crippen molar-refractivity contribution in [3.63, 3.8) is 0 Å². The predicted octanol–water partition coefficient (Wildman–Crippen LogP) is 1.13. The number of ether oxygens (including phenoxy) is 1. The molecule has 0 aromatic heterocycles. The topological polar surface area (TPSA) is 52.3 Å². The molecule has 66 valence electrons. The van der Waals surface area contributed by atoms with Crippen molar-refractivity contribution >= 4 is 5.97 Å². The van der Waals surface area contributed by atoms with E-state index in [0.717, 1.165) is 5.56 Å². The average Bonchev–Trinajstić information content (AvgIpc) is 2.49. The van der Waals surface area contributed by atoms with E-state index in [-0.39, 0.29) is 11.8 Å². The molecule has 1 atom stereocenters. The fourth-order valence-corrected chi connectivity index (χ4v) is 1.26. The summed E-state index contributed by atoms with van der Waals surface area (Å²) in [6.45, 7) is 0. The minimum atomic E-state index is -0.436. The zero-order valence-corrected chi connectivity index (χ0v) is 6.94. The van der Waals surface area contributed by atoms with Gasteiger partial charge in [0.2, 0.25) is 0 Å². The summed E-state index contributed by atoms with van der Waals surface area (Å²) >= 11 is 0. The van der Waals surface area contributed by atoms with E-state index in [1.54, 1.807) is 6.08 Å². The summed E-state index contributed by atoms with van der Waals surface area (Å²) in [5.74, 6) is -0.436. The summed E-state index contributed by atoms with van der Waals surface area (Å²) in [4.78, 5) is 10.9. The Hall–Kier alpha value is -1.77. The quantitative estimate of drug-likeness (QED) is 0.651. The molecule has 1 aliphatic rings. The molecule has 1 aromatic rings. The lowest BCUT2D eigenvalue weighted by Gasteiger charge is -2.06.